The van der Waals surface area contributed by atoms with Crippen molar-refractivity contribution in [3.8, 4) is 23.0 Å². The molecule has 2 aromatic rings. The monoisotopic (exact) mass is 286 g/mol. The van der Waals surface area contributed by atoms with Crippen molar-refractivity contribution in [3.63, 3.8) is 0 Å². The van der Waals surface area contributed by atoms with Gasteiger partial charge in [-0.15, -0.1) is 6.58 Å². The molecule has 2 aromatic carbocycles. The van der Waals surface area contributed by atoms with Crippen molar-refractivity contribution >= 4 is 0 Å². The summed E-state index contributed by atoms with van der Waals surface area (Å²) < 4.78 is 10.4. The number of phenolic OH excluding ortho intramolecular Hbond substituents is 2. The van der Waals surface area contributed by atoms with Crippen molar-refractivity contribution in [2.75, 3.05) is 14.2 Å². The summed E-state index contributed by atoms with van der Waals surface area (Å²) in [5.41, 5.74) is 1.39. The van der Waals surface area contributed by atoms with Crippen LogP contribution >= 0.6 is 0 Å². The Balaban J connectivity index is 2.60. The van der Waals surface area contributed by atoms with E-state index in [0.29, 0.717) is 22.6 Å². The minimum Gasteiger partial charge on any atom is -0.508 e. The van der Waals surface area contributed by atoms with Crippen LogP contribution in [0.15, 0.2) is 49.1 Å². The van der Waals surface area contributed by atoms with Gasteiger partial charge in [-0.05, 0) is 12.1 Å². The maximum absolute atomic E-state index is 10.0. The van der Waals surface area contributed by atoms with Gasteiger partial charge in [0.1, 0.15) is 11.5 Å². The summed E-state index contributed by atoms with van der Waals surface area (Å²) in [4.78, 5) is 0. The maximum atomic E-state index is 10.0. The summed E-state index contributed by atoms with van der Waals surface area (Å²) in [7, 11) is 3.02. The van der Waals surface area contributed by atoms with Gasteiger partial charge in [0.05, 0.1) is 14.2 Å². The second kappa shape index (κ2) is 6.22. The van der Waals surface area contributed by atoms with Crippen LogP contribution in [-0.4, -0.2) is 24.4 Å². The number of phenols is 2. The van der Waals surface area contributed by atoms with Crippen molar-refractivity contribution in [3.05, 3.63) is 60.2 Å². The molecule has 0 amide bonds. The van der Waals surface area contributed by atoms with Crippen LogP contribution < -0.4 is 9.47 Å². The van der Waals surface area contributed by atoms with Crippen molar-refractivity contribution in [1.82, 2.24) is 0 Å². The highest BCUT2D eigenvalue weighted by atomic mass is 16.5. The first kappa shape index (κ1) is 14.8. The highest BCUT2D eigenvalue weighted by Gasteiger charge is 2.20. The molecule has 0 fully saturated rings. The molecule has 0 bridgehead atoms. The second-order valence-electron chi connectivity index (χ2n) is 4.54. The Kier molecular flexibility index (Phi) is 4.38. The van der Waals surface area contributed by atoms with Gasteiger partial charge in [-0.2, -0.15) is 0 Å². The first-order chi connectivity index (χ1) is 10.1. The number of hydrogen-bond acceptors (Lipinski definition) is 4. The normalized spacial score (nSPS) is 11.7. The third-order valence-corrected chi connectivity index (χ3v) is 3.37. The van der Waals surface area contributed by atoms with Gasteiger partial charge in [0.15, 0.2) is 11.5 Å². The average molecular weight is 286 g/mol. The number of benzene rings is 2. The van der Waals surface area contributed by atoms with Gasteiger partial charge < -0.3 is 19.7 Å². The summed E-state index contributed by atoms with van der Waals surface area (Å²) >= 11 is 0. The Bertz CT molecular complexity index is 649. The molecular weight excluding hydrogens is 268 g/mol. The Morgan fingerprint density at radius 2 is 1.62 bits per heavy atom. The fraction of sp³-hybridized carbons (Fsp3) is 0.176. The smallest absolute Gasteiger partial charge is 0.164 e. The van der Waals surface area contributed by atoms with E-state index in [0.717, 1.165) is 0 Å². The zero-order chi connectivity index (χ0) is 15.4. The first-order valence-corrected chi connectivity index (χ1v) is 6.47. The van der Waals surface area contributed by atoms with Crippen molar-refractivity contribution < 1.29 is 19.7 Å². The minimum absolute atomic E-state index is 0.00979. The van der Waals surface area contributed by atoms with Crippen LogP contribution in [0.1, 0.15) is 17.0 Å². The van der Waals surface area contributed by atoms with Gasteiger partial charge in [0.2, 0.25) is 0 Å². The lowest BCUT2D eigenvalue weighted by molar-refractivity contribution is 0.362. The predicted molar refractivity (Wildman–Crippen MR) is 81.4 cm³/mol. The molecule has 0 spiro atoms. The van der Waals surface area contributed by atoms with Crippen molar-refractivity contribution in [2.24, 2.45) is 0 Å². The molecule has 1 atom stereocenters. The molecule has 0 aromatic heterocycles. The zero-order valence-corrected chi connectivity index (χ0v) is 12.0. The molecule has 0 saturated heterocycles. The lowest BCUT2D eigenvalue weighted by Gasteiger charge is -2.19. The molecular formula is C17H18O4. The molecule has 4 nitrogen and oxygen atoms in total. The van der Waals surface area contributed by atoms with E-state index in [1.54, 1.807) is 37.5 Å². The Labute approximate surface area is 123 Å². The molecule has 0 aliphatic heterocycles. The van der Waals surface area contributed by atoms with E-state index in [2.05, 4.69) is 6.58 Å². The van der Waals surface area contributed by atoms with E-state index in [9.17, 15) is 10.2 Å². The van der Waals surface area contributed by atoms with E-state index in [4.69, 9.17) is 9.47 Å². The summed E-state index contributed by atoms with van der Waals surface area (Å²) in [6, 6.07) is 10.2. The molecule has 0 aliphatic rings. The molecule has 2 N–H and O–H groups in total. The van der Waals surface area contributed by atoms with Crippen molar-refractivity contribution in [1.29, 1.82) is 0 Å². The molecule has 2 rings (SSSR count). The van der Waals surface area contributed by atoms with Gasteiger partial charge in [0, 0.05) is 23.1 Å². The summed E-state index contributed by atoms with van der Waals surface area (Å²) in [5.74, 6) is 0.752. The van der Waals surface area contributed by atoms with Crippen molar-refractivity contribution in [2.45, 2.75) is 5.92 Å². The van der Waals surface area contributed by atoms with E-state index in [1.807, 2.05) is 12.1 Å². The average Bonchev–Trinajstić information content (AvgIpc) is 2.50. The molecule has 110 valence electrons. The van der Waals surface area contributed by atoms with E-state index < -0.39 is 0 Å². The first-order valence-electron chi connectivity index (χ1n) is 6.47. The fourth-order valence-electron chi connectivity index (χ4n) is 2.32. The van der Waals surface area contributed by atoms with Crippen LogP contribution in [0.4, 0.5) is 0 Å². The molecule has 4 heteroatoms. The van der Waals surface area contributed by atoms with Gasteiger partial charge >= 0.3 is 0 Å². The van der Waals surface area contributed by atoms with Gasteiger partial charge in [0.25, 0.3) is 0 Å². The zero-order valence-electron chi connectivity index (χ0n) is 12.0. The molecule has 0 unspecified atom stereocenters. The second-order valence-corrected chi connectivity index (χ2v) is 4.54. The quantitative estimate of drug-likeness (QED) is 0.827. The van der Waals surface area contributed by atoms with Crippen LogP contribution in [-0.2, 0) is 0 Å². The van der Waals surface area contributed by atoms with Crippen LogP contribution in [0.3, 0.4) is 0 Å². The molecule has 0 heterocycles. The number of allylic oxidation sites excluding steroid dienone is 1. The number of rotatable bonds is 5. The highest BCUT2D eigenvalue weighted by molar-refractivity contribution is 5.56. The highest BCUT2D eigenvalue weighted by Crippen LogP contribution is 2.41. The number of ether oxygens (including phenoxy) is 2. The molecule has 0 radical (unpaired) electrons. The molecule has 0 saturated carbocycles. The molecule has 0 aliphatic carbocycles. The Morgan fingerprint density at radius 1 is 0.952 bits per heavy atom. The lowest BCUT2D eigenvalue weighted by Crippen LogP contribution is -2.02. The topological polar surface area (TPSA) is 58.9 Å². The number of methoxy groups -OCH3 is 2. The van der Waals surface area contributed by atoms with Gasteiger partial charge in [-0.1, -0.05) is 24.3 Å². The lowest BCUT2D eigenvalue weighted by atomic mass is 9.89. The van der Waals surface area contributed by atoms with Crippen LogP contribution in [0.25, 0.3) is 0 Å². The predicted octanol–water partition coefficient (Wildman–Crippen LogP) is 3.43. The summed E-state index contributed by atoms with van der Waals surface area (Å²) in [5, 5.41) is 20.0. The summed E-state index contributed by atoms with van der Waals surface area (Å²) in [6.07, 6.45) is 1.69. The number of hydrogen-bond donors (Lipinski definition) is 2. The Morgan fingerprint density at radius 3 is 2.19 bits per heavy atom. The Hall–Kier alpha value is -2.62. The maximum Gasteiger partial charge on any atom is 0.164 e. The standard InChI is InChI=1S/C17H18O4/c1-4-11(12-7-5-6-8-14(12)18)13-9-15(19)17(21-3)10-16(13)20-2/h4-11,18-19H,1H2,2-3H3/t11-/m1/s1. The minimum atomic E-state index is -0.307. The van der Waals surface area contributed by atoms with Crippen LogP contribution in [0, 0.1) is 0 Å². The number of para-hydroxylation sites is 1. The van der Waals surface area contributed by atoms with Crippen LogP contribution in [0.5, 0.6) is 23.0 Å². The van der Waals surface area contributed by atoms with E-state index in [1.165, 1.54) is 7.11 Å². The number of aromatic hydroxyl groups is 2. The largest absolute Gasteiger partial charge is 0.508 e. The summed E-state index contributed by atoms with van der Waals surface area (Å²) in [6.45, 7) is 3.82. The SMILES string of the molecule is C=C[C@H](c1ccccc1O)c1cc(O)c(OC)cc1OC. The van der Waals surface area contributed by atoms with Gasteiger partial charge in [-0.3, -0.25) is 0 Å². The van der Waals surface area contributed by atoms with E-state index in [-0.39, 0.29) is 17.4 Å². The third kappa shape index (κ3) is 2.79. The molecule has 21 heavy (non-hydrogen) atoms. The van der Waals surface area contributed by atoms with Gasteiger partial charge in [-0.25, -0.2) is 0 Å². The fourth-order valence-corrected chi connectivity index (χ4v) is 2.32. The van der Waals surface area contributed by atoms with Crippen LogP contribution in [0.2, 0.25) is 0 Å². The third-order valence-electron chi connectivity index (χ3n) is 3.37. The van der Waals surface area contributed by atoms with E-state index >= 15 is 0 Å².